The standard InChI is InChI=1S/C39H30N2P/c1-6-16-31(17-7-1)38-39(32-18-8-2-9-19-32)41-37-28-30(26-27-36(37)40-38)29-42(33-20-10-3-11-21-33,34-22-12-4-13-23-34)35-24-14-5-15-25-35/h1-28H,29H2/q+1. The third kappa shape index (κ3) is 4.91. The van der Waals surface area contributed by atoms with Crippen LogP contribution in [0.25, 0.3) is 33.5 Å². The number of benzene rings is 6. The van der Waals surface area contributed by atoms with E-state index in [0.29, 0.717) is 0 Å². The Morgan fingerprint density at radius 2 is 0.762 bits per heavy atom. The highest BCUT2D eigenvalue weighted by Crippen LogP contribution is 2.58. The summed E-state index contributed by atoms with van der Waals surface area (Å²) in [5.74, 6) is 0. The van der Waals surface area contributed by atoms with Crippen LogP contribution < -0.4 is 15.9 Å². The van der Waals surface area contributed by atoms with Gasteiger partial charge in [0, 0.05) is 11.1 Å². The average molecular weight is 558 g/mol. The van der Waals surface area contributed by atoms with Crippen molar-refractivity contribution in [1.82, 2.24) is 9.97 Å². The van der Waals surface area contributed by atoms with Gasteiger partial charge in [-0.3, -0.25) is 0 Å². The van der Waals surface area contributed by atoms with Gasteiger partial charge in [-0.25, -0.2) is 9.97 Å². The summed E-state index contributed by atoms with van der Waals surface area (Å²) in [6, 6.07) is 60.5. The Balaban J connectivity index is 1.42. The van der Waals surface area contributed by atoms with E-state index in [1.807, 2.05) is 12.1 Å². The van der Waals surface area contributed by atoms with Crippen LogP contribution in [0.2, 0.25) is 0 Å². The second-order valence-corrected chi connectivity index (χ2v) is 13.9. The molecule has 0 saturated carbocycles. The maximum absolute atomic E-state index is 5.28. The highest BCUT2D eigenvalue weighted by atomic mass is 31.2. The fourth-order valence-corrected chi connectivity index (χ4v) is 10.1. The number of nitrogens with zero attached hydrogens (tertiary/aromatic N) is 2. The van der Waals surface area contributed by atoms with Gasteiger partial charge in [0.05, 0.1) is 28.6 Å². The molecule has 7 aromatic rings. The van der Waals surface area contributed by atoms with Gasteiger partial charge in [0.15, 0.2) is 0 Å². The average Bonchev–Trinajstić information content (AvgIpc) is 3.08. The second-order valence-electron chi connectivity index (χ2n) is 10.5. The van der Waals surface area contributed by atoms with E-state index < -0.39 is 7.26 Å². The Hall–Kier alpha value is -4.91. The molecule has 1 aromatic heterocycles. The molecule has 0 aliphatic rings. The molecule has 0 amide bonds. The summed E-state index contributed by atoms with van der Waals surface area (Å²) in [4.78, 5) is 10.5. The van der Waals surface area contributed by atoms with Gasteiger partial charge < -0.3 is 0 Å². The molecule has 6 aromatic carbocycles. The van der Waals surface area contributed by atoms with Gasteiger partial charge in [0.2, 0.25) is 0 Å². The lowest BCUT2D eigenvalue weighted by molar-refractivity contribution is 1.28. The van der Waals surface area contributed by atoms with Crippen LogP contribution in [0.1, 0.15) is 5.56 Å². The Morgan fingerprint density at radius 3 is 1.19 bits per heavy atom. The normalized spacial score (nSPS) is 11.4. The van der Waals surface area contributed by atoms with Gasteiger partial charge in [-0.15, -0.1) is 0 Å². The molecular weight excluding hydrogens is 527 g/mol. The van der Waals surface area contributed by atoms with Crippen LogP contribution in [0.15, 0.2) is 170 Å². The van der Waals surface area contributed by atoms with Gasteiger partial charge in [0.1, 0.15) is 23.2 Å². The molecule has 0 saturated heterocycles. The van der Waals surface area contributed by atoms with Crippen molar-refractivity contribution in [3.8, 4) is 22.5 Å². The predicted octanol–water partition coefficient (Wildman–Crippen LogP) is 8.46. The van der Waals surface area contributed by atoms with Gasteiger partial charge in [0.25, 0.3) is 0 Å². The summed E-state index contributed by atoms with van der Waals surface area (Å²) >= 11 is 0. The Kier molecular flexibility index (Phi) is 7.14. The molecule has 7 rings (SSSR count). The first kappa shape index (κ1) is 26.0. The van der Waals surface area contributed by atoms with Crippen LogP contribution in [0.3, 0.4) is 0 Å². The summed E-state index contributed by atoms with van der Waals surface area (Å²) < 4.78 is 0. The minimum Gasteiger partial charge on any atom is -0.244 e. The van der Waals surface area contributed by atoms with E-state index in [9.17, 15) is 0 Å². The summed E-state index contributed by atoms with van der Waals surface area (Å²) in [6.45, 7) is 0. The number of fused-ring (bicyclic) bond motifs is 1. The molecular formula is C39H30N2P+. The molecule has 0 fully saturated rings. The van der Waals surface area contributed by atoms with Crippen LogP contribution in [0, 0.1) is 0 Å². The molecule has 0 spiro atoms. The lowest BCUT2D eigenvalue weighted by atomic mass is 10.0. The van der Waals surface area contributed by atoms with Gasteiger partial charge in [-0.05, 0) is 54.1 Å². The molecule has 42 heavy (non-hydrogen) atoms. The quantitative estimate of drug-likeness (QED) is 0.184. The van der Waals surface area contributed by atoms with E-state index in [4.69, 9.17) is 9.97 Å². The SMILES string of the molecule is c1ccc(-c2nc3ccc(C[P+](c4ccccc4)(c4ccccc4)c4ccccc4)cc3nc2-c2ccccc2)cc1. The zero-order valence-electron chi connectivity index (χ0n) is 23.2. The Bertz CT molecular complexity index is 1830. The molecule has 0 bridgehead atoms. The van der Waals surface area contributed by atoms with Crippen molar-refractivity contribution in [1.29, 1.82) is 0 Å². The molecule has 0 radical (unpaired) electrons. The molecule has 0 N–H and O–H groups in total. The van der Waals surface area contributed by atoms with Crippen LogP contribution >= 0.6 is 7.26 Å². The number of hydrogen-bond acceptors (Lipinski definition) is 2. The van der Waals surface area contributed by atoms with Gasteiger partial charge in [-0.1, -0.05) is 121 Å². The molecule has 0 aliphatic carbocycles. The van der Waals surface area contributed by atoms with Crippen LogP contribution in [-0.2, 0) is 6.16 Å². The zero-order chi connectivity index (χ0) is 28.2. The maximum Gasteiger partial charge on any atom is 0.116 e. The largest absolute Gasteiger partial charge is 0.244 e. The summed E-state index contributed by atoms with van der Waals surface area (Å²) in [5, 5.41) is 4.12. The van der Waals surface area contributed by atoms with Crippen molar-refractivity contribution in [3.05, 3.63) is 175 Å². The zero-order valence-corrected chi connectivity index (χ0v) is 24.1. The highest BCUT2D eigenvalue weighted by molar-refractivity contribution is 7.95. The van der Waals surface area contributed by atoms with Crippen molar-refractivity contribution in [2.75, 3.05) is 0 Å². The van der Waals surface area contributed by atoms with Gasteiger partial charge in [-0.2, -0.15) is 0 Å². The molecule has 1 heterocycles. The minimum atomic E-state index is -2.03. The lowest BCUT2D eigenvalue weighted by Crippen LogP contribution is -2.32. The van der Waals surface area contributed by atoms with Crippen molar-refractivity contribution < 1.29 is 0 Å². The molecule has 0 atom stereocenters. The third-order valence-electron chi connectivity index (χ3n) is 7.83. The summed E-state index contributed by atoms with van der Waals surface area (Å²) in [5.41, 5.74) is 7.02. The molecule has 0 aliphatic heterocycles. The van der Waals surface area contributed by atoms with Crippen molar-refractivity contribution >= 4 is 34.2 Å². The number of rotatable bonds is 7. The lowest BCUT2D eigenvalue weighted by Gasteiger charge is -2.28. The summed E-state index contributed by atoms with van der Waals surface area (Å²) in [7, 11) is -2.03. The van der Waals surface area contributed by atoms with E-state index in [0.717, 1.165) is 39.7 Å². The summed E-state index contributed by atoms with van der Waals surface area (Å²) in [6.07, 6.45) is 0.893. The molecule has 0 unspecified atom stereocenters. The van der Waals surface area contributed by atoms with Gasteiger partial charge >= 0.3 is 0 Å². The van der Waals surface area contributed by atoms with Crippen LogP contribution in [-0.4, -0.2) is 9.97 Å². The number of aromatic nitrogens is 2. The second kappa shape index (κ2) is 11.5. The van der Waals surface area contributed by atoms with E-state index in [1.54, 1.807) is 0 Å². The van der Waals surface area contributed by atoms with Crippen molar-refractivity contribution in [3.63, 3.8) is 0 Å². The number of hydrogen-bond donors (Lipinski definition) is 0. The molecule has 2 nitrogen and oxygen atoms in total. The van der Waals surface area contributed by atoms with Crippen molar-refractivity contribution in [2.24, 2.45) is 0 Å². The van der Waals surface area contributed by atoms with Crippen LogP contribution in [0.5, 0.6) is 0 Å². The maximum atomic E-state index is 5.28. The first-order valence-electron chi connectivity index (χ1n) is 14.3. The van der Waals surface area contributed by atoms with E-state index in [2.05, 4.69) is 158 Å². The van der Waals surface area contributed by atoms with Crippen LogP contribution in [0.4, 0.5) is 0 Å². The smallest absolute Gasteiger partial charge is 0.116 e. The fourth-order valence-electron chi connectivity index (χ4n) is 5.84. The monoisotopic (exact) mass is 557 g/mol. The van der Waals surface area contributed by atoms with E-state index >= 15 is 0 Å². The molecule has 200 valence electrons. The highest BCUT2D eigenvalue weighted by Gasteiger charge is 2.45. The van der Waals surface area contributed by atoms with E-state index in [1.165, 1.54) is 21.5 Å². The minimum absolute atomic E-state index is 0.893. The van der Waals surface area contributed by atoms with E-state index in [-0.39, 0.29) is 0 Å². The molecule has 3 heteroatoms. The Labute approximate surface area is 247 Å². The Morgan fingerprint density at radius 1 is 0.381 bits per heavy atom. The topological polar surface area (TPSA) is 25.8 Å². The predicted molar refractivity (Wildman–Crippen MR) is 179 cm³/mol. The first-order chi connectivity index (χ1) is 20.8. The van der Waals surface area contributed by atoms with Crippen molar-refractivity contribution in [2.45, 2.75) is 6.16 Å². The fraction of sp³-hybridized carbons (Fsp3) is 0.0256. The third-order valence-corrected chi connectivity index (χ3v) is 12.2. The first-order valence-corrected chi connectivity index (χ1v) is 16.3.